The van der Waals surface area contributed by atoms with Gasteiger partial charge in [0, 0.05) is 13.1 Å². The van der Waals surface area contributed by atoms with E-state index in [1.807, 2.05) is 30.3 Å². The predicted octanol–water partition coefficient (Wildman–Crippen LogP) is 2.69. The summed E-state index contributed by atoms with van der Waals surface area (Å²) in [6.45, 7) is 4.60. The lowest BCUT2D eigenvalue weighted by atomic mass is 9.96. The molecule has 0 bridgehead atoms. The largest absolute Gasteiger partial charge is 0.495 e. The molecular formula is C25H32N2O6S. The van der Waals surface area contributed by atoms with Crippen LogP contribution in [0.4, 0.5) is 0 Å². The maximum Gasteiger partial charge on any atom is 0.309 e. The van der Waals surface area contributed by atoms with E-state index in [2.05, 4.69) is 4.72 Å². The fourth-order valence-electron chi connectivity index (χ4n) is 4.09. The minimum atomic E-state index is -4.06. The van der Waals surface area contributed by atoms with Gasteiger partial charge in [0.05, 0.1) is 19.6 Å². The van der Waals surface area contributed by atoms with Gasteiger partial charge in [-0.3, -0.25) is 9.59 Å². The second-order valence-electron chi connectivity index (χ2n) is 8.37. The van der Waals surface area contributed by atoms with E-state index in [0.29, 0.717) is 32.5 Å². The first-order chi connectivity index (χ1) is 16.2. The van der Waals surface area contributed by atoms with E-state index in [1.54, 1.807) is 30.9 Å². The Hall–Kier alpha value is -2.91. The highest BCUT2D eigenvalue weighted by atomic mass is 32.2. The molecule has 0 aromatic heterocycles. The van der Waals surface area contributed by atoms with Crippen LogP contribution in [0.3, 0.4) is 0 Å². The SMILES string of the molecule is CCOC(=O)C1CCN(C(=O)[C@@H](Cc2ccccc2)NS(=O)(=O)c2cc(C)ccc2OC)CC1. The number of aryl methyl sites for hydroxylation is 1. The van der Waals surface area contributed by atoms with Crippen molar-refractivity contribution in [3.8, 4) is 5.75 Å². The first-order valence-electron chi connectivity index (χ1n) is 11.4. The molecule has 0 radical (unpaired) electrons. The topological polar surface area (TPSA) is 102 Å². The average Bonchev–Trinajstić information content (AvgIpc) is 2.84. The minimum absolute atomic E-state index is 0.0121. The van der Waals surface area contributed by atoms with Crippen LogP contribution in [-0.4, -0.2) is 58.0 Å². The minimum Gasteiger partial charge on any atom is -0.495 e. The fourth-order valence-corrected chi connectivity index (χ4v) is 5.53. The highest BCUT2D eigenvalue weighted by Gasteiger charge is 2.34. The quantitative estimate of drug-likeness (QED) is 0.545. The summed E-state index contributed by atoms with van der Waals surface area (Å²) in [4.78, 5) is 27.2. The normalized spacial score (nSPS) is 15.6. The number of carbonyl (C=O) groups is 2. The molecule has 0 unspecified atom stereocenters. The van der Waals surface area contributed by atoms with Gasteiger partial charge in [-0.05, 0) is 56.4 Å². The molecule has 1 heterocycles. The van der Waals surface area contributed by atoms with Crippen molar-refractivity contribution in [2.24, 2.45) is 5.92 Å². The van der Waals surface area contributed by atoms with Crippen LogP contribution in [0.15, 0.2) is 53.4 Å². The molecule has 1 aliphatic heterocycles. The third-order valence-corrected chi connectivity index (χ3v) is 7.41. The smallest absolute Gasteiger partial charge is 0.309 e. The zero-order valence-electron chi connectivity index (χ0n) is 19.8. The number of likely N-dealkylation sites (tertiary alicyclic amines) is 1. The number of carbonyl (C=O) groups excluding carboxylic acids is 2. The Balaban J connectivity index is 1.83. The van der Waals surface area contributed by atoms with E-state index in [9.17, 15) is 18.0 Å². The molecule has 0 aliphatic carbocycles. The molecule has 1 atom stereocenters. The Kier molecular flexibility index (Phi) is 8.68. The summed E-state index contributed by atoms with van der Waals surface area (Å²) >= 11 is 0. The van der Waals surface area contributed by atoms with E-state index in [0.717, 1.165) is 11.1 Å². The Morgan fingerprint density at radius 3 is 2.41 bits per heavy atom. The summed E-state index contributed by atoms with van der Waals surface area (Å²) in [6.07, 6.45) is 1.17. The van der Waals surface area contributed by atoms with Gasteiger partial charge in [0.15, 0.2) is 0 Å². The summed E-state index contributed by atoms with van der Waals surface area (Å²) < 4.78 is 39.7. The molecule has 9 heteroatoms. The number of sulfonamides is 1. The van der Waals surface area contributed by atoms with Crippen molar-refractivity contribution in [2.45, 2.75) is 44.0 Å². The summed E-state index contributed by atoms with van der Waals surface area (Å²) in [5.41, 5.74) is 1.59. The summed E-state index contributed by atoms with van der Waals surface area (Å²) in [5.74, 6) is -0.604. The van der Waals surface area contributed by atoms with Crippen molar-refractivity contribution in [3.05, 3.63) is 59.7 Å². The lowest BCUT2D eigenvalue weighted by Crippen LogP contribution is -2.52. The number of hydrogen-bond acceptors (Lipinski definition) is 6. The predicted molar refractivity (Wildman–Crippen MR) is 128 cm³/mol. The number of piperidine rings is 1. The van der Waals surface area contributed by atoms with Crippen LogP contribution in [0.2, 0.25) is 0 Å². The number of ether oxygens (including phenoxy) is 2. The summed E-state index contributed by atoms with van der Waals surface area (Å²) in [5, 5.41) is 0. The lowest BCUT2D eigenvalue weighted by Gasteiger charge is -2.33. The highest BCUT2D eigenvalue weighted by Crippen LogP contribution is 2.26. The Bertz CT molecular complexity index is 1100. The van der Waals surface area contributed by atoms with Crippen molar-refractivity contribution < 1.29 is 27.5 Å². The molecule has 8 nitrogen and oxygen atoms in total. The van der Waals surface area contributed by atoms with Gasteiger partial charge in [0.25, 0.3) is 0 Å². The molecule has 0 saturated carbocycles. The van der Waals surface area contributed by atoms with E-state index in [1.165, 1.54) is 13.2 Å². The van der Waals surface area contributed by atoms with Crippen molar-refractivity contribution in [1.82, 2.24) is 9.62 Å². The second-order valence-corrected chi connectivity index (χ2v) is 10.1. The molecule has 2 aromatic rings. The van der Waals surface area contributed by atoms with Crippen LogP contribution in [0, 0.1) is 12.8 Å². The average molecular weight is 489 g/mol. The van der Waals surface area contributed by atoms with Gasteiger partial charge < -0.3 is 14.4 Å². The summed E-state index contributed by atoms with van der Waals surface area (Å²) in [7, 11) is -2.65. The van der Waals surface area contributed by atoms with Crippen LogP contribution < -0.4 is 9.46 Å². The third-order valence-electron chi connectivity index (χ3n) is 5.91. The van der Waals surface area contributed by atoms with Crippen LogP contribution >= 0.6 is 0 Å². The number of hydrogen-bond donors (Lipinski definition) is 1. The van der Waals surface area contributed by atoms with Crippen LogP contribution in [0.25, 0.3) is 0 Å². The van der Waals surface area contributed by atoms with Crippen molar-refractivity contribution in [2.75, 3.05) is 26.8 Å². The maximum absolute atomic E-state index is 13.5. The molecule has 1 fully saturated rings. The number of benzene rings is 2. The summed E-state index contributed by atoms with van der Waals surface area (Å²) in [6, 6.07) is 13.1. The zero-order chi connectivity index (χ0) is 24.7. The molecule has 34 heavy (non-hydrogen) atoms. The highest BCUT2D eigenvalue weighted by molar-refractivity contribution is 7.89. The Morgan fingerprint density at radius 1 is 1.12 bits per heavy atom. The van der Waals surface area contributed by atoms with E-state index < -0.39 is 16.1 Å². The number of nitrogens with zero attached hydrogens (tertiary/aromatic N) is 1. The molecule has 184 valence electrons. The fraction of sp³-hybridized carbons (Fsp3) is 0.440. The zero-order valence-corrected chi connectivity index (χ0v) is 20.6. The van der Waals surface area contributed by atoms with Crippen molar-refractivity contribution in [3.63, 3.8) is 0 Å². The standard InChI is InChI=1S/C25H32N2O6S/c1-4-33-25(29)20-12-14-27(15-13-20)24(28)21(17-19-8-6-5-7-9-19)26-34(30,31)23-16-18(2)10-11-22(23)32-3/h5-11,16,20-21,26H,4,12-15,17H2,1-3H3/t21-/m1/s1. The molecule has 2 aromatic carbocycles. The van der Waals surface area contributed by atoms with Crippen molar-refractivity contribution >= 4 is 21.9 Å². The Labute approximate surface area is 201 Å². The molecule has 1 saturated heterocycles. The van der Waals surface area contributed by atoms with Crippen LogP contribution in [-0.2, 0) is 30.8 Å². The molecular weight excluding hydrogens is 456 g/mol. The number of rotatable bonds is 9. The van der Waals surface area contributed by atoms with Crippen molar-refractivity contribution in [1.29, 1.82) is 0 Å². The monoisotopic (exact) mass is 488 g/mol. The third kappa shape index (κ3) is 6.36. The molecule has 1 N–H and O–H groups in total. The molecule has 0 spiro atoms. The van der Waals surface area contributed by atoms with E-state index >= 15 is 0 Å². The second kappa shape index (κ2) is 11.5. The molecule has 3 rings (SSSR count). The molecule has 1 aliphatic rings. The first-order valence-corrected chi connectivity index (χ1v) is 12.9. The van der Waals surface area contributed by atoms with E-state index in [4.69, 9.17) is 9.47 Å². The van der Waals surface area contributed by atoms with Gasteiger partial charge in [-0.1, -0.05) is 36.4 Å². The lowest BCUT2D eigenvalue weighted by molar-refractivity contribution is -0.151. The van der Waals surface area contributed by atoms with Gasteiger partial charge in [0.2, 0.25) is 15.9 Å². The number of nitrogens with one attached hydrogen (secondary N) is 1. The van der Waals surface area contributed by atoms with Gasteiger partial charge >= 0.3 is 5.97 Å². The first kappa shape index (κ1) is 25.7. The Morgan fingerprint density at radius 2 is 1.79 bits per heavy atom. The van der Waals surface area contributed by atoms with Gasteiger partial charge in [-0.15, -0.1) is 0 Å². The number of methoxy groups -OCH3 is 1. The van der Waals surface area contributed by atoms with Crippen LogP contribution in [0.1, 0.15) is 30.9 Å². The van der Waals surface area contributed by atoms with E-state index in [-0.39, 0.29) is 34.9 Å². The number of amides is 1. The maximum atomic E-state index is 13.5. The van der Waals surface area contributed by atoms with Gasteiger partial charge in [0.1, 0.15) is 16.7 Å². The van der Waals surface area contributed by atoms with Gasteiger partial charge in [-0.25, -0.2) is 8.42 Å². The molecule has 1 amide bonds. The van der Waals surface area contributed by atoms with Gasteiger partial charge in [-0.2, -0.15) is 4.72 Å². The number of esters is 1. The van der Waals surface area contributed by atoms with Crippen LogP contribution in [0.5, 0.6) is 5.75 Å².